The summed E-state index contributed by atoms with van der Waals surface area (Å²) in [6, 6.07) is 0. The van der Waals surface area contributed by atoms with E-state index in [4.69, 9.17) is 5.11 Å². The summed E-state index contributed by atoms with van der Waals surface area (Å²) in [6.45, 7) is 0.570. The molecule has 70 valence electrons. The van der Waals surface area contributed by atoms with Crippen molar-refractivity contribution in [2.45, 2.75) is 25.5 Å². The molecule has 0 amide bonds. The number of hydrogen-bond donors (Lipinski definition) is 2. The van der Waals surface area contributed by atoms with Crippen molar-refractivity contribution in [2.75, 3.05) is 0 Å². The van der Waals surface area contributed by atoms with Gasteiger partial charge in [0.15, 0.2) is 5.82 Å². The highest BCUT2D eigenvalue weighted by Gasteiger charge is 2.25. The zero-order valence-electron chi connectivity index (χ0n) is 6.84. The molecule has 2 N–H and O–H groups in total. The van der Waals surface area contributed by atoms with Crippen molar-refractivity contribution in [3.05, 3.63) is 11.6 Å². The predicted octanol–water partition coefficient (Wildman–Crippen LogP) is -0.197. The molecule has 1 aliphatic heterocycles. The Labute approximate surface area is 73.8 Å². The van der Waals surface area contributed by atoms with Crippen molar-refractivity contribution in [1.29, 1.82) is 0 Å². The van der Waals surface area contributed by atoms with Crippen LogP contribution in [0, 0.1) is 0 Å². The van der Waals surface area contributed by atoms with Crippen molar-refractivity contribution in [3.8, 4) is 0 Å². The van der Waals surface area contributed by atoms with Gasteiger partial charge < -0.3 is 14.8 Å². The molecule has 0 spiro atoms. The van der Waals surface area contributed by atoms with Gasteiger partial charge in [0, 0.05) is 6.54 Å². The van der Waals surface area contributed by atoms with E-state index in [9.17, 15) is 9.90 Å². The second-order valence-electron chi connectivity index (χ2n) is 3.00. The Bertz CT molecular complexity index is 347. The van der Waals surface area contributed by atoms with Gasteiger partial charge in [0.1, 0.15) is 6.10 Å². The van der Waals surface area contributed by atoms with Gasteiger partial charge in [-0.15, -0.1) is 10.2 Å². The lowest BCUT2D eigenvalue weighted by molar-refractivity contribution is 0.0672. The van der Waals surface area contributed by atoms with Crippen LogP contribution in [0.2, 0.25) is 0 Å². The molecule has 0 fully saturated rings. The largest absolute Gasteiger partial charge is 0.475 e. The van der Waals surface area contributed by atoms with Gasteiger partial charge in [0.05, 0.1) is 0 Å². The van der Waals surface area contributed by atoms with Crippen LogP contribution in [0.4, 0.5) is 0 Å². The summed E-state index contributed by atoms with van der Waals surface area (Å²) in [5.74, 6) is -0.828. The van der Waals surface area contributed by atoms with Gasteiger partial charge in [-0.25, -0.2) is 4.79 Å². The molecule has 0 aromatic carbocycles. The highest BCUT2D eigenvalue weighted by molar-refractivity contribution is 5.83. The summed E-state index contributed by atoms with van der Waals surface area (Å²) in [5, 5.41) is 25.3. The lowest BCUT2D eigenvalue weighted by atomic mass is 10.1. The molecule has 2 rings (SSSR count). The monoisotopic (exact) mass is 183 g/mol. The number of rotatable bonds is 1. The van der Waals surface area contributed by atoms with Gasteiger partial charge in [-0.3, -0.25) is 0 Å². The topological polar surface area (TPSA) is 88.2 Å². The van der Waals surface area contributed by atoms with E-state index in [1.807, 2.05) is 0 Å². The number of aromatic carboxylic acids is 1. The summed E-state index contributed by atoms with van der Waals surface area (Å²) >= 11 is 0. The van der Waals surface area contributed by atoms with Crippen LogP contribution < -0.4 is 0 Å². The van der Waals surface area contributed by atoms with Crippen molar-refractivity contribution < 1.29 is 15.0 Å². The van der Waals surface area contributed by atoms with E-state index >= 15 is 0 Å². The smallest absolute Gasteiger partial charge is 0.374 e. The molecular formula is C7H9N3O3. The molecule has 0 radical (unpaired) electrons. The molecule has 1 aliphatic rings. The van der Waals surface area contributed by atoms with Crippen molar-refractivity contribution in [3.63, 3.8) is 0 Å². The number of fused-ring (bicyclic) bond motifs is 1. The van der Waals surface area contributed by atoms with E-state index in [0.29, 0.717) is 18.8 Å². The highest BCUT2D eigenvalue weighted by Crippen LogP contribution is 2.23. The number of aliphatic hydroxyl groups is 1. The second kappa shape index (κ2) is 2.81. The van der Waals surface area contributed by atoms with Gasteiger partial charge in [-0.2, -0.15) is 0 Å². The lowest BCUT2D eigenvalue weighted by Crippen LogP contribution is -2.19. The first-order valence-corrected chi connectivity index (χ1v) is 4.04. The maximum absolute atomic E-state index is 10.6. The molecule has 1 aromatic rings. The normalized spacial score (nSPS) is 21.2. The van der Waals surface area contributed by atoms with E-state index in [1.54, 1.807) is 0 Å². The molecule has 1 atom stereocenters. The predicted molar refractivity (Wildman–Crippen MR) is 41.2 cm³/mol. The number of aromatic nitrogens is 3. The number of aliphatic hydroxyl groups excluding tert-OH is 1. The van der Waals surface area contributed by atoms with Crippen LogP contribution in [0.1, 0.15) is 35.4 Å². The minimum absolute atomic E-state index is 0.0891. The van der Waals surface area contributed by atoms with Crippen LogP contribution in [0.15, 0.2) is 0 Å². The van der Waals surface area contributed by atoms with E-state index in [2.05, 4.69) is 10.2 Å². The lowest BCUT2D eigenvalue weighted by Gasteiger charge is -2.18. The summed E-state index contributed by atoms with van der Waals surface area (Å²) < 4.78 is 1.45. The number of carboxylic acids is 1. The fourth-order valence-electron chi connectivity index (χ4n) is 1.51. The van der Waals surface area contributed by atoms with Crippen LogP contribution in [-0.4, -0.2) is 30.9 Å². The van der Waals surface area contributed by atoms with Crippen LogP contribution in [0.5, 0.6) is 0 Å². The van der Waals surface area contributed by atoms with Gasteiger partial charge in [-0.05, 0) is 12.8 Å². The molecule has 0 saturated carbocycles. The standard InChI is InChI=1S/C7H9N3O3/c11-4-2-1-3-10-5(4)8-9-6(10)7(12)13/h4,11H,1-3H2,(H,12,13). The molecule has 0 bridgehead atoms. The molecule has 2 heterocycles. The first kappa shape index (κ1) is 8.18. The molecule has 6 nitrogen and oxygen atoms in total. The maximum Gasteiger partial charge on any atom is 0.374 e. The Morgan fingerprint density at radius 3 is 3.00 bits per heavy atom. The summed E-state index contributed by atoms with van der Waals surface area (Å²) in [7, 11) is 0. The van der Waals surface area contributed by atoms with E-state index < -0.39 is 12.1 Å². The van der Waals surface area contributed by atoms with Crippen molar-refractivity contribution in [2.24, 2.45) is 0 Å². The van der Waals surface area contributed by atoms with E-state index in [0.717, 1.165) is 6.42 Å². The van der Waals surface area contributed by atoms with Gasteiger partial charge in [0.25, 0.3) is 0 Å². The Hall–Kier alpha value is -1.43. The minimum atomic E-state index is -1.10. The Morgan fingerprint density at radius 2 is 2.31 bits per heavy atom. The van der Waals surface area contributed by atoms with E-state index in [-0.39, 0.29) is 5.82 Å². The summed E-state index contributed by atoms with van der Waals surface area (Å²) in [5.41, 5.74) is 0. The van der Waals surface area contributed by atoms with Gasteiger partial charge in [-0.1, -0.05) is 0 Å². The third-order valence-corrected chi connectivity index (χ3v) is 2.13. The molecule has 1 aromatic heterocycles. The highest BCUT2D eigenvalue weighted by atomic mass is 16.4. The Kier molecular flexibility index (Phi) is 1.77. The Morgan fingerprint density at radius 1 is 1.54 bits per heavy atom. The minimum Gasteiger partial charge on any atom is -0.475 e. The second-order valence-corrected chi connectivity index (χ2v) is 3.00. The van der Waals surface area contributed by atoms with Crippen LogP contribution >= 0.6 is 0 Å². The molecule has 1 unspecified atom stereocenters. The van der Waals surface area contributed by atoms with Gasteiger partial charge in [0.2, 0.25) is 5.82 Å². The average Bonchev–Trinajstić information content (AvgIpc) is 2.48. The summed E-state index contributed by atoms with van der Waals surface area (Å²) in [6.07, 6.45) is 0.707. The van der Waals surface area contributed by atoms with Crippen LogP contribution in [0.25, 0.3) is 0 Å². The number of hydrogen-bond acceptors (Lipinski definition) is 4. The molecular weight excluding hydrogens is 174 g/mol. The zero-order valence-corrected chi connectivity index (χ0v) is 6.84. The average molecular weight is 183 g/mol. The fraction of sp³-hybridized carbons (Fsp3) is 0.571. The number of carboxylic acid groups (broad SMARTS) is 1. The van der Waals surface area contributed by atoms with Gasteiger partial charge >= 0.3 is 5.97 Å². The van der Waals surface area contributed by atoms with Crippen molar-refractivity contribution >= 4 is 5.97 Å². The first-order valence-electron chi connectivity index (χ1n) is 4.04. The first-order chi connectivity index (χ1) is 6.20. The third-order valence-electron chi connectivity index (χ3n) is 2.13. The number of nitrogens with zero attached hydrogens (tertiary/aromatic N) is 3. The Balaban J connectivity index is 2.47. The number of carbonyl (C=O) groups is 1. The zero-order chi connectivity index (χ0) is 9.42. The maximum atomic E-state index is 10.6. The fourth-order valence-corrected chi connectivity index (χ4v) is 1.51. The molecule has 6 heteroatoms. The van der Waals surface area contributed by atoms with Crippen LogP contribution in [-0.2, 0) is 6.54 Å². The SMILES string of the molecule is O=C(O)c1nnc2n1CCCC2O. The van der Waals surface area contributed by atoms with Crippen LogP contribution in [0.3, 0.4) is 0 Å². The molecule has 0 aliphatic carbocycles. The third kappa shape index (κ3) is 1.19. The van der Waals surface area contributed by atoms with Crippen molar-refractivity contribution in [1.82, 2.24) is 14.8 Å². The summed E-state index contributed by atoms with van der Waals surface area (Å²) in [4.78, 5) is 10.6. The van der Waals surface area contributed by atoms with E-state index in [1.165, 1.54) is 4.57 Å². The molecule has 13 heavy (non-hydrogen) atoms. The molecule has 0 saturated heterocycles. The quantitative estimate of drug-likeness (QED) is 0.629.